The van der Waals surface area contributed by atoms with E-state index < -0.39 is 0 Å². The molecule has 1 amide bonds. The molecule has 0 bridgehead atoms. The van der Waals surface area contributed by atoms with Crippen molar-refractivity contribution in [3.8, 4) is 0 Å². The average molecular weight is 228 g/mol. The lowest BCUT2D eigenvalue weighted by atomic mass is 10.1. The van der Waals surface area contributed by atoms with Crippen LogP contribution in [0.2, 0.25) is 0 Å². The minimum Gasteiger partial charge on any atom is -0.334 e. The summed E-state index contributed by atoms with van der Waals surface area (Å²) < 4.78 is 0. The molecule has 0 aromatic carbocycles. The van der Waals surface area contributed by atoms with Gasteiger partial charge < -0.3 is 10.2 Å². The number of carbonyl (C=O) groups is 2. The lowest BCUT2D eigenvalue weighted by molar-refractivity contribution is -0.136. The number of nitrogens with one attached hydrogen (secondary N) is 1. The molecule has 1 aliphatic heterocycles. The fourth-order valence-electron chi connectivity index (χ4n) is 1.80. The number of hydrogen-bond donors (Lipinski definition) is 1. The van der Waals surface area contributed by atoms with Crippen LogP contribution in [0.1, 0.15) is 40.0 Å². The monoisotopic (exact) mass is 228 g/mol. The van der Waals surface area contributed by atoms with Crippen LogP contribution in [0.4, 0.5) is 0 Å². The fraction of sp³-hybridized carbons (Fsp3) is 0.833. The Kier molecular flexibility index (Phi) is 7.81. The van der Waals surface area contributed by atoms with E-state index in [0.29, 0.717) is 0 Å². The van der Waals surface area contributed by atoms with Gasteiger partial charge in [-0.25, -0.2) is 0 Å². The maximum absolute atomic E-state index is 11.8. The summed E-state index contributed by atoms with van der Waals surface area (Å²) in [6.07, 6.45) is 2.92. The van der Waals surface area contributed by atoms with Gasteiger partial charge in [-0.15, -0.1) is 0 Å². The predicted octanol–water partition coefficient (Wildman–Crippen LogP) is 1.20. The molecule has 0 aliphatic carbocycles. The second kappa shape index (κ2) is 8.28. The van der Waals surface area contributed by atoms with Crippen LogP contribution in [0.15, 0.2) is 0 Å². The second-order valence-electron chi connectivity index (χ2n) is 3.80. The highest BCUT2D eigenvalue weighted by Gasteiger charge is 2.25. The van der Waals surface area contributed by atoms with E-state index >= 15 is 0 Å². The molecule has 0 aromatic rings. The molecule has 1 saturated heterocycles. The van der Waals surface area contributed by atoms with E-state index in [4.69, 9.17) is 0 Å². The largest absolute Gasteiger partial charge is 0.334 e. The van der Waals surface area contributed by atoms with Crippen LogP contribution in [0.5, 0.6) is 0 Å². The quantitative estimate of drug-likeness (QED) is 0.789. The first-order chi connectivity index (χ1) is 7.65. The summed E-state index contributed by atoms with van der Waals surface area (Å²) in [5.74, 6) is 0.121. The minimum absolute atomic E-state index is 0.0510. The SMILES string of the molecule is CC.CNC1CCCCN(CC(C)=O)C1=O. The van der Waals surface area contributed by atoms with Crippen LogP contribution >= 0.6 is 0 Å². The molecule has 1 unspecified atom stereocenters. The first kappa shape index (κ1) is 15.1. The van der Waals surface area contributed by atoms with E-state index in [9.17, 15) is 9.59 Å². The maximum Gasteiger partial charge on any atom is 0.240 e. The fourth-order valence-corrected chi connectivity index (χ4v) is 1.80. The van der Waals surface area contributed by atoms with Gasteiger partial charge in [-0.1, -0.05) is 13.8 Å². The Labute approximate surface area is 98.4 Å². The summed E-state index contributed by atoms with van der Waals surface area (Å²) >= 11 is 0. The molecular formula is C12H24N2O2. The van der Waals surface area contributed by atoms with Crippen LogP contribution in [0.25, 0.3) is 0 Å². The Balaban J connectivity index is 0.00000106. The third-order valence-corrected chi connectivity index (χ3v) is 2.54. The normalized spacial score (nSPS) is 20.9. The smallest absolute Gasteiger partial charge is 0.240 e. The molecule has 4 nitrogen and oxygen atoms in total. The highest BCUT2D eigenvalue weighted by molar-refractivity contribution is 5.87. The number of carbonyl (C=O) groups excluding carboxylic acids is 2. The number of amides is 1. The Bertz CT molecular complexity index is 229. The van der Waals surface area contributed by atoms with Crippen molar-refractivity contribution in [2.24, 2.45) is 0 Å². The van der Waals surface area contributed by atoms with Gasteiger partial charge >= 0.3 is 0 Å². The second-order valence-corrected chi connectivity index (χ2v) is 3.80. The number of likely N-dealkylation sites (tertiary alicyclic amines) is 1. The number of nitrogens with zero attached hydrogens (tertiary/aromatic N) is 1. The lowest BCUT2D eigenvalue weighted by Crippen LogP contribution is -2.45. The van der Waals surface area contributed by atoms with E-state index in [1.54, 1.807) is 11.9 Å². The van der Waals surface area contributed by atoms with E-state index in [-0.39, 0.29) is 24.3 Å². The van der Waals surface area contributed by atoms with Gasteiger partial charge in [-0.2, -0.15) is 0 Å². The average Bonchev–Trinajstić information content (AvgIpc) is 2.44. The zero-order valence-corrected chi connectivity index (χ0v) is 10.9. The van der Waals surface area contributed by atoms with Crippen molar-refractivity contribution < 1.29 is 9.59 Å². The Hall–Kier alpha value is -0.900. The van der Waals surface area contributed by atoms with Crippen molar-refractivity contribution in [2.75, 3.05) is 20.1 Å². The maximum atomic E-state index is 11.8. The third-order valence-electron chi connectivity index (χ3n) is 2.54. The topological polar surface area (TPSA) is 49.4 Å². The van der Waals surface area contributed by atoms with Crippen LogP contribution in [0, 0.1) is 0 Å². The van der Waals surface area contributed by atoms with Gasteiger partial charge in [-0.05, 0) is 33.2 Å². The molecule has 1 heterocycles. The summed E-state index contributed by atoms with van der Waals surface area (Å²) in [5, 5.41) is 2.99. The van der Waals surface area contributed by atoms with E-state index in [2.05, 4.69) is 5.32 Å². The van der Waals surface area contributed by atoms with Crippen LogP contribution in [0.3, 0.4) is 0 Å². The highest BCUT2D eigenvalue weighted by atomic mass is 16.2. The summed E-state index contributed by atoms with van der Waals surface area (Å²) in [4.78, 5) is 24.4. The zero-order chi connectivity index (χ0) is 12.6. The lowest BCUT2D eigenvalue weighted by Gasteiger charge is -2.22. The van der Waals surface area contributed by atoms with E-state index in [1.807, 2.05) is 13.8 Å². The van der Waals surface area contributed by atoms with Crippen molar-refractivity contribution in [1.82, 2.24) is 10.2 Å². The van der Waals surface area contributed by atoms with Gasteiger partial charge in [0.1, 0.15) is 5.78 Å². The van der Waals surface area contributed by atoms with E-state index in [1.165, 1.54) is 6.92 Å². The summed E-state index contributed by atoms with van der Waals surface area (Å²) in [6.45, 7) is 6.50. The number of ketones is 1. The Morgan fingerprint density at radius 3 is 2.56 bits per heavy atom. The first-order valence-electron chi connectivity index (χ1n) is 6.10. The highest BCUT2D eigenvalue weighted by Crippen LogP contribution is 2.11. The molecule has 1 rings (SSSR count). The minimum atomic E-state index is -0.100. The zero-order valence-electron chi connectivity index (χ0n) is 10.9. The molecule has 0 spiro atoms. The van der Waals surface area contributed by atoms with Gasteiger partial charge in [0.05, 0.1) is 12.6 Å². The Morgan fingerprint density at radius 1 is 1.44 bits per heavy atom. The third kappa shape index (κ3) is 4.75. The molecule has 0 saturated carbocycles. The van der Waals surface area contributed by atoms with Crippen molar-refractivity contribution >= 4 is 11.7 Å². The first-order valence-corrected chi connectivity index (χ1v) is 6.10. The molecule has 0 radical (unpaired) electrons. The van der Waals surface area contributed by atoms with Crippen molar-refractivity contribution in [2.45, 2.75) is 46.1 Å². The molecular weight excluding hydrogens is 204 g/mol. The van der Waals surface area contributed by atoms with E-state index in [0.717, 1.165) is 25.8 Å². The number of hydrogen-bond acceptors (Lipinski definition) is 3. The molecule has 0 aromatic heterocycles. The standard InChI is InChI=1S/C10H18N2O2.C2H6/c1-8(13)7-12-6-4-3-5-9(11-2)10(12)14;1-2/h9,11H,3-7H2,1-2H3;1-2H3. The summed E-state index contributed by atoms with van der Waals surface area (Å²) in [7, 11) is 1.79. The molecule has 1 atom stereocenters. The molecule has 1 aliphatic rings. The number of likely N-dealkylation sites (N-methyl/N-ethyl adjacent to an activating group) is 1. The van der Waals surface area contributed by atoms with Gasteiger partial charge in [0, 0.05) is 6.54 Å². The summed E-state index contributed by atoms with van der Waals surface area (Å²) in [6, 6.07) is -0.100. The van der Waals surface area contributed by atoms with Crippen LogP contribution in [-0.4, -0.2) is 42.8 Å². The van der Waals surface area contributed by atoms with Gasteiger partial charge in [-0.3, -0.25) is 9.59 Å². The Morgan fingerprint density at radius 2 is 2.06 bits per heavy atom. The molecule has 94 valence electrons. The molecule has 1 fully saturated rings. The van der Waals surface area contributed by atoms with Crippen LogP contribution < -0.4 is 5.32 Å². The van der Waals surface area contributed by atoms with Crippen molar-refractivity contribution in [3.63, 3.8) is 0 Å². The van der Waals surface area contributed by atoms with Crippen LogP contribution in [-0.2, 0) is 9.59 Å². The van der Waals surface area contributed by atoms with Gasteiger partial charge in [0.25, 0.3) is 0 Å². The van der Waals surface area contributed by atoms with Crippen molar-refractivity contribution in [3.05, 3.63) is 0 Å². The summed E-state index contributed by atoms with van der Waals surface area (Å²) in [5.41, 5.74) is 0. The molecule has 1 N–H and O–H groups in total. The number of rotatable bonds is 3. The predicted molar refractivity (Wildman–Crippen MR) is 65.3 cm³/mol. The molecule has 16 heavy (non-hydrogen) atoms. The number of Topliss-reactive ketones (excluding diaryl/α,β-unsaturated/α-hetero) is 1. The van der Waals surface area contributed by atoms with Crippen molar-refractivity contribution in [1.29, 1.82) is 0 Å². The molecule has 4 heteroatoms. The van der Waals surface area contributed by atoms with Gasteiger partial charge in [0.15, 0.2) is 0 Å². The van der Waals surface area contributed by atoms with Gasteiger partial charge in [0.2, 0.25) is 5.91 Å².